The van der Waals surface area contributed by atoms with Gasteiger partial charge in [0.1, 0.15) is 6.04 Å². The molecule has 1 aliphatic carbocycles. The lowest BCUT2D eigenvalue weighted by molar-refractivity contribution is -0.129. The minimum atomic E-state index is -0.495. The zero-order valence-electron chi connectivity index (χ0n) is 15.5. The van der Waals surface area contributed by atoms with E-state index in [0.29, 0.717) is 6.42 Å². The summed E-state index contributed by atoms with van der Waals surface area (Å²) in [6, 6.07) is 13.7. The number of hydrogen-bond acceptors (Lipinski definition) is 2. The van der Waals surface area contributed by atoms with Gasteiger partial charge in [0.25, 0.3) is 0 Å². The average Bonchev–Trinajstić information content (AvgIpc) is 3.40. The molecular formula is C22H24N2O2. The number of rotatable bonds is 3. The molecule has 1 fully saturated rings. The van der Waals surface area contributed by atoms with Gasteiger partial charge < -0.3 is 10.2 Å². The monoisotopic (exact) mass is 348 g/mol. The molecular weight excluding hydrogens is 324 g/mol. The lowest BCUT2D eigenvalue weighted by atomic mass is 9.90. The Hall–Kier alpha value is -2.62. The van der Waals surface area contributed by atoms with Crippen LogP contribution in [0.5, 0.6) is 0 Å². The smallest absolute Gasteiger partial charge is 0.249 e. The van der Waals surface area contributed by atoms with E-state index in [0.717, 1.165) is 29.7 Å². The highest BCUT2D eigenvalue weighted by atomic mass is 16.2. The van der Waals surface area contributed by atoms with E-state index >= 15 is 0 Å². The third kappa shape index (κ3) is 2.70. The van der Waals surface area contributed by atoms with Crippen molar-refractivity contribution in [2.24, 2.45) is 0 Å². The second-order valence-electron chi connectivity index (χ2n) is 7.71. The number of benzene rings is 2. The topological polar surface area (TPSA) is 49.4 Å². The largest absolute Gasteiger partial charge is 0.343 e. The third-order valence-electron chi connectivity index (χ3n) is 5.67. The first-order valence-electron chi connectivity index (χ1n) is 9.16. The molecule has 4 rings (SSSR count). The molecule has 1 aliphatic heterocycles. The Morgan fingerprint density at radius 1 is 1.12 bits per heavy atom. The van der Waals surface area contributed by atoms with Crippen molar-refractivity contribution in [3.05, 3.63) is 64.7 Å². The number of fused-ring (bicyclic) bond motifs is 1. The van der Waals surface area contributed by atoms with Crippen molar-refractivity contribution in [3.8, 4) is 0 Å². The minimum Gasteiger partial charge on any atom is -0.343 e. The molecule has 2 aliphatic rings. The maximum absolute atomic E-state index is 13.1. The molecule has 0 aromatic heterocycles. The number of amides is 2. The van der Waals surface area contributed by atoms with E-state index in [1.165, 1.54) is 11.1 Å². The maximum atomic E-state index is 13.1. The predicted molar refractivity (Wildman–Crippen MR) is 102 cm³/mol. The Morgan fingerprint density at radius 3 is 2.42 bits per heavy atom. The normalized spacial score (nSPS) is 20.5. The highest BCUT2D eigenvalue weighted by Crippen LogP contribution is 2.49. The molecule has 4 nitrogen and oxygen atoms in total. The number of para-hydroxylation sites is 1. The number of aryl methyl sites for hydroxylation is 2. The quantitative estimate of drug-likeness (QED) is 0.927. The number of likely N-dealkylation sites (N-methyl/N-ethyl adjacent to an activating group) is 1. The van der Waals surface area contributed by atoms with Crippen LogP contribution in [0.15, 0.2) is 42.5 Å². The van der Waals surface area contributed by atoms with E-state index in [-0.39, 0.29) is 11.8 Å². The van der Waals surface area contributed by atoms with Crippen molar-refractivity contribution in [1.29, 1.82) is 0 Å². The summed E-state index contributed by atoms with van der Waals surface area (Å²) in [6.07, 6.45) is 2.23. The SMILES string of the molecule is Cc1cc(C)cc(C2(C(=O)NC3Cc4ccccc4N(C)C3=O)CC2)c1. The lowest BCUT2D eigenvalue weighted by Gasteiger charge is -2.32. The van der Waals surface area contributed by atoms with Crippen LogP contribution < -0.4 is 10.2 Å². The van der Waals surface area contributed by atoms with Crippen molar-refractivity contribution < 1.29 is 9.59 Å². The lowest BCUT2D eigenvalue weighted by Crippen LogP contribution is -2.53. The van der Waals surface area contributed by atoms with E-state index in [9.17, 15) is 9.59 Å². The van der Waals surface area contributed by atoms with Crippen LogP contribution in [0.2, 0.25) is 0 Å². The molecule has 1 saturated carbocycles. The molecule has 0 bridgehead atoms. The van der Waals surface area contributed by atoms with E-state index < -0.39 is 11.5 Å². The van der Waals surface area contributed by atoms with Crippen molar-refractivity contribution in [2.75, 3.05) is 11.9 Å². The molecule has 1 N–H and O–H groups in total. The predicted octanol–water partition coefficient (Wildman–Crippen LogP) is 3.04. The molecule has 26 heavy (non-hydrogen) atoms. The van der Waals surface area contributed by atoms with E-state index in [2.05, 4.69) is 37.4 Å². The summed E-state index contributed by atoms with van der Waals surface area (Å²) in [4.78, 5) is 27.5. The maximum Gasteiger partial charge on any atom is 0.249 e. The molecule has 1 unspecified atom stereocenters. The zero-order valence-corrected chi connectivity index (χ0v) is 15.5. The Balaban J connectivity index is 1.58. The van der Waals surface area contributed by atoms with Crippen molar-refractivity contribution in [3.63, 3.8) is 0 Å². The van der Waals surface area contributed by atoms with Crippen molar-refractivity contribution in [2.45, 2.75) is 44.6 Å². The fraction of sp³-hybridized carbons (Fsp3) is 0.364. The molecule has 0 radical (unpaired) electrons. The second-order valence-corrected chi connectivity index (χ2v) is 7.71. The van der Waals surface area contributed by atoms with Gasteiger partial charge in [0.2, 0.25) is 11.8 Å². The van der Waals surface area contributed by atoms with Gasteiger partial charge >= 0.3 is 0 Å². The van der Waals surface area contributed by atoms with Gasteiger partial charge in [0, 0.05) is 19.2 Å². The minimum absolute atomic E-state index is 0.0198. The number of carbonyl (C=O) groups is 2. The van der Waals surface area contributed by atoms with Crippen LogP contribution in [0.25, 0.3) is 0 Å². The zero-order chi connectivity index (χ0) is 18.5. The highest BCUT2D eigenvalue weighted by molar-refractivity contribution is 6.03. The molecule has 2 amide bonds. The van der Waals surface area contributed by atoms with Crippen LogP contribution in [-0.2, 0) is 21.4 Å². The Bertz CT molecular complexity index is 879. The molecule has 2 aromatic carbocycles. The summed E-state index contributed by atoms with van der Waals surface area (Å²) in [5.74, 6) is -0.0677. The number of carbonyl (C=O) groups excluding carboxylic acids is 2. The summed E-state index contributed by atoms with van der Waals surface area (Å²) >= 11 is 0. The molecule has 0 saturated heterocycles. The number of nitrogens with zero attached hydrogens (tertiary/aromatic N) is 1. The van der Waals surface area contributed by atoms with E-state index in [1.54, 1.807) is 11.9 Å². The summed E-state index contributed by atoms with van der Waals surface area (Å²) in [7, 11) is 1.77. The summed E-state index contributed by atoms with van der Waals surface area (Å²) in [5.41, 5.74) is 4.97. The van der Waals surface area contributed by atoms with Crippen LogP contribution in [0.1, 0.15) is 35.1 Å². The van der Waals surface area contributed by atoms with E-state index in [1.807, 2.05) is 24.3 Å². The van der Waals surface area contributed by atoms with Gasteiger partial charge in [-0.25, -0.2) is 0 Å². The summed E-state index contributed by atoms with van der Waals surface area (Å²) in [6.45, 7) is 4.11. The average molecular weight is 348 g/mol. The fourth-order valence-corrected chi connectivity index (χ4v) is 4.10. The number of nitrogens with one attached hydrogen (secondary N) is 1. The molecule has 1 heterocycles. The first kappa shape index (κ1) is 16.8. The first-order chi connectivity index (χ1) is 12.4. The van der Waals surface area contributed by atoms with Crippen LogP contribution in [0.4, 0.5) is 5.69 Å². The van der Waals surface area contributed by atoms with E-state index in [4.69, 9.17) is 0 Å². The van der Waals surface area contributed by atoms with Gasteiger partial charge in [-0.2, -0.15) is 0 Å². The van der Waals surface area contributed by atoms with Crippen LogP contribution in [-0.4, -0.2) is 24.9 Å². The van der Waals surface area contributed by atoms with Gasteiger partial charge in [0.15, 0.2) is 0 Å². The summed E-state index contributed by atoms with van der Waals surface area (Å²) < 4.78 is 0. The van der Waals surface area contributed by atoms with Crippen molar-refractivity contribution >= 4 is 17.5 Å². The Morgan fingerprint density at radius 2 is 1.77 bits per heavy atom. The van der Waals surface area contributed by atoms with Crippen LogP contribution in [0.3, 0.4) is 0 Å². The number of anilines is 1. The Kier molecular flexibility index (Phi) is 3.87. The van der Waals surface area contributed by atoms with Gasteiger partial charge in [-0.05, 0) is 43.9 Å². The molecule has 1 atom stereocenters. The van der Waals surface area contributed by atoms with Crippen molar-refractivity contribution in [1.82, 2.24) is 5.32 Å². The summed E-state index contributed by atoms with van der Waals surface area (Å²) in [5, 5.41) is 3.05. The van der Waals surface area contributed by atoms with Crippen LogP contribution in [0, 0.1) is 13.8 Å². The molecule has 0 spiro atoms. The van der Waals surface area contributed by atoms with Gasteiger partial charge in [0.05, 0.1) is 5.41 Å². The highest BCUT2D eigenvalue weighted by Gasteiger charge is 2.52. The van der Waals surface area contributed by atoms with Gasteiger partial charge in [-0.15, -0.1) is 0 Å². The van der Waals surface area contributed by atoms with Crippen LogP contribution >= 0.6 is 0 Å². The fourth-order valence-electron chi connectivity index (χ4n) is 4.10. The first-order valence-corrected chi connectivity index (χ1v) is 9.16. The molecule has 4 heteroatoms. The molecule has 2 aromatic rings. The number of hydrogen-bond donors (Lipinski definition) is 1. The van der Waals surface area contributed by atoms with Gasteiger partial charge in [-0.1, -0.05) is 47.5 Å². The van der Waals surface area contributed by atoms with Gasteiger partial charge in [-0.3, -0.25) is 9.59 Å². The standard InChI is InChI=1S/C22H24N2O2/c1-14-10-15(2)12-17(11-14)22(8-9-22)21(26)23-18-13-16-6-4-5-7-19(16)24(3)20(18)25/h4-7,10-12,18H,8-9,13H2,1-3H3,(H,23,26). The second kappa shape index (κ2) is 5.97. The third-order valence-corrected chi connectivity index (χ3v) is 5.67. The molecule has 134 valence electrons. The Labute approximate surface area is 154 Å².